The standard InChI is InChI=1S/C13H9BrClNO2/c1-13(8-5-6-11(15)16-7-8)17-10-4-2-3-9(14)12(10)18-13/h2-7H,1H3. The van der Waals surface area contributed by atoms with Crippen molar-refractivity contribution in [1.29, 1.82) is 0 Å². The molecule has 3 nitrogen and oxygen atoms in total. The summed E-state index contributed by atoms with van der Waals surface area (Å²) in [4.78, 5) is 4.05. The normalized spacial score (nSPS) is 21.1. The molecule has 0 fully saturated rings. The lowest BCUT2D eigenvalue weighted by Gasteiger charge is -2.23. The van der Waals surface area contributed by atoms with Gasteiger partial charge in [-0.2, -0.15) is 0 Å². The zero-order valence-corrected chi connectivity index (χ0v) is 11.8. The van der Waals surface area contributed by atoms with E-state index in [2.05, 4.69) is 20.9 Å². The van der Waals surface area contributed by atoms with E-state index in [-0.39, 0.29) is 0 Å². The summed E-state index contributed by atoms with van der Waals surface area (Å²) in [5.74, 6) is 0.542. The molecule has 1 atom stereocenters. The van der Waals surface area contributed by atoms with Gasteiger partial charge in [-0.15, -0.1) is 0 Å². The first-order chi connectivity index (χ1) is 8.58. The minimum absolute atomic E-state index is 0.444. The molecule has 92 valence electrons. The number of benzene rings is 1. The zero-order chi connectivity index (χ0) is 12.8. The Morgan fingerprint density at radius 3 is 2.72 bits per heavy atom. The highest BCUT2D eigenvalue weighted by atomic mass is 79.9. The largest absolute Gasteiger partial charge is 0.444 e. The number of para-hydroxylation sites is 1. The summed E-state index contributed by atoms with van der Waals surface area (Å²) >= 11 is 9.22. The second kappa shape index (κ2) is 4.14. The maximum absolute atomic E-state index is 5.90. The first kappa shape index (κ1) is 11.8. The van der Waals surface area contributed by atoms with Crippen LogP contribution in [-0.4, -0.2) is 4.98 Å². The van der Waals surface area contributed by atoms with Crippen molar-refractivity contribution in [2.24, 2.45) is 0 Å². The summed E-state index contributed by atoms with van der Waals surface area (Å²) in [6.45, 7) is 1.85. The van der Waals surface area contributed by atoms with Crippen LogP contribution in [0, 0.1) is 0 Å². The molecular weight excluding hydrogens is 318 g/mol. The molecule has 1 aromatic heterocycles. The van der Waals surface area contributed by atoms with E-state index in [4.69, 9.17) is 21.1 Å². The zero-order valence-electron chi connectivity index (χ0n) is 9.48. The first-order valence-corrected chi connectivity index (χ1v) is 6.54. The molecule has 0 N–H and O–H groups in total. The number of pyridine rings is 1. The number of hydrogen-bond donors (Lipinski definition) is 0. The Balaban J connectivity index is 2.01. The Bertz CT molecular complexity index is 602. The molecule has 2 heterocycles. The van der Waals surface area contributed by atoms with Crippen LogP contribution >= 0.6 is 27.5 Å². The Kier molecular flexibility index (Phi) is 2.72. The van der Waals surface area contributed by atoms with Crippen LogP contribution in [0.15, 0.2) is 41.0 Å². The Morgan fingerprint density at radius 1 is 1.22 bits per heavy atom. The second-order valence-corrected chi connectivity index (χ2v) is 5.33. The van der Waals surface area contributed by atoms with E-state index < -0.39 is 5.79 Å². The van der Waals surface area contributed by atoms with E-state index in [0.29, 0.717) is 16.7 Å². The summed E-state index contributed by atoms with van der Waals surface area (Å²) in [6.07, 6.45) is 1.65. The van der Waals surface area contributed by atoms with Crippen LogP contribution < -0.4 is 9.47 Å². The number of aromatic nitrogens is 1. The number of nitrogens with zero attached hydrogens (tertiary/aromatic N) is 1. The average molecular weight is 327 g/mol. The van der Waals surface area contributed by atoms with E-state index >= 15 is 0 Å². The average Bonchev–Trinajstić information content (AvgIpc) is 2.69. The molecule has 0 saturated heterocycles. The van der Waals surface area contributed by atoms with Gasteiger partial charge in [0.15, 0.2) is 11.5 Å². The van der Waals surface area contributed by atoms with E-state index in [0.717, 1.165) is 10.0 Å². The van der Waals surface area contributed by atoms with Crippen LogP contribution in [0.2, 0.25) is 5.15 Å². The third kappa shape index (κ3) is 1.85. The van der Waals surface area contributed by atoms with E-state index in [1.165, 1.54) is 0 Å². The highest BCUT2D eigenvalue weighted by Gasteiger charge is 2.39. The fourth-order valence-corrected chi connectivity index (χ4v) is 2.40. The van der Waals surface area contributed by atoms with E-state index in [1.54, 1.807) is 12.3 Å². The molecule has 0 spiro atoms. The maximum Gasteiger partial charge on any atom is 0.277 e. The molecule has 5 heteroatoms. The van der Waals surface area contributed by atoms with Gasteiger partial charge in [-0.05, 0) is 40.2 Å². The Hall–Kier alpha value is -1.26. The fraction of sp³-hybridized carbons (Fsp3) is 0.154. The molecule has 0 aliphatic carbocycles. The van der Waals surface area contributed by atoms with Gasteiger partial charge in [0, 0.05) is 13.1 Å². The number of ether oxygens (including phenoxy) is 2. The summed E-state index contributed by atoms with van der Waals surface area (Å²) in [5, 5.41) is 0.444. The molecule has 0 amide bonds. The highest BCUT2D eigenvalue weighted by molar-refractivity contribution is 9.10. The number of halogens is 2. The van der Waals surface area contributed by atoms with Crippen molar-refractivity contribution in [3.05, 3.63) is 51.7 Å². The fourth-order valence-electron chi connectivity index (χ4n) is 1.86. The molecule has 0 radical (unpaired) electrons. The predicted molar refractivity (Wildman–Crippen MR) is 72.0 cm³/mol. The second-order valence-electron chi connectivity index (χ2n) is 4.09. The first-order valence-electron chi connectivity index (χ1n) is 5.37. The monoisotopic (exact) mass is 325 g/mol. The van der Waals surface area contributed by atoms with Crippen molar-refractivity contribution in [3.63, 3.8) is 0 Å². The lowest BCUT2D eigenvalue weighted by atomic mass is 10.1. The van der Waals surface area contributed by atoms with Gasteiger partial charge in [-0.25, -0.2) is 4.98 Å². The summed E-state index contributed by atoms with van der Waals surface area (Å²) in [5.41, 5.74) is 0.815. The van der Waals surface area contributed by atoms with E-state index in [1.807, 2.05) is 31.2 Å². The van der Waals surface area contributed by atoms with Gasteiger partial charge in [-0.3, -0.25) is 0 Å². The van der Waals surface area contributed by atoms with Crippen LogP contribution in [0.3, 0.4) is 0 Å². The van der Waals surface area contributed by atoms with Crippen LogP contribution in [0.4, 0.5) is 0 Å². The molecule has 0 bridgehead atoms. The summed E-state index contributed by atoms with van der Waals surface area (Å²) in [6, 6.07) is 9.24. The molecule has 1 unspecified atom stereocenters. The van der Waals surface area contributed by atoms with Gasteiger partial charge in [-0.1, -0.05) is 17.7 Å². The number of fused-ring (bicyclic) bond motifs is 1. The third-order valence-corrected chi connectivity index (χ3v) is 3.63. The quantitative estimate of drug-likeness (QED) is 0.738. The Morgan fingerprint density at radius 2 is 2.06 bits per heavy atom. The number of hydrogen-bond acceptors (Lipinski definition) is 3. The molecule has 18 heavy (non-hydrogen) atoms. The molecule has 1 aromatic carbocycles. The van der Waals surface area contributed by atoms with E-state index in [9.17, 15) is 0 Å². The van der Waals surface area contributed by atoms with Crippen LogP contribution in [0.1, 0.15) is 12.5 Å². The van der Waals surface area contributed by atoms with Crippen molar-refractivity contribution in [2.75, 3.05) is 0 Å². The lowest BCUT2D eigenvalue weighted by Crippen LogP contribution is -2.31. The van der Waals surface area contributed by atoms with Gasteiger partial charge < -0.3 is 9.47 Å². The van der Waals surface area contributed by atoms with Crippen LogP contribution in [0.25, 0.3) is 0 Å². The van der Waals surface area contributed by atoms with Gasteiger partial charge in [0.05, 0.1) is 10.0 Å². The van der Waals surface area contributed by atoms with Crippen molar-refractivity contribution < 1.29 is 9.47 Å². The van der Waals surface area contributed by atoms with Crippen molar-refractivity contribution >= 4 is 27.5 Å². The van der Waals surface area contributed by atoms with Gasteiger partial charge >= 0.3 is 0 Å². The SMILES string of the molecule is CC1(c2ccc(Cl)nc2)Oc2cccc(Br)c2O1. The lowest BCUT2D eigenvalue weighted by molar-refractivity contribution is -0.0685. The number of rotatable bonds is 1. The summed E-state index contributed by atoms with van der Waals surface area (Å²) in [7, 11) is 0. The van der Waals surface area contributed by atoms with Crippen molar-refractivity contribution in [2.45, 2.75) is 12.7 Å². The molecular formula is C13H9BrClNO2. The molecule has 2 aromatic rings. The molecule has 0 saturated carbocycles. The smallest absolute Gasteiger partial charge is 0.277 e. The topological polar surface area (TPSA) is 31.4 Å². The molecule has 3 rings (SSSR count). The predicted octanol–water partition coefficient (Wildman–Crippen LogP) is 4.14. The molecule has 1 aliphatic rings. The summed E-state index contributed by atoms with van der Waals surface area (Å²) < 4.78 is 12.6. The van der Waals surface area contributed by atoms with Crippen LogP contribution in [0.5, 0.6) is 11.5 Å². The highest BCUT2D eigenvalue weighted by Crippen LogP contribution is 2.47. The van der Waals surface area contributed by atoms with Crippen LogP contribution in [-0.2, 0) is 5.79 Å². The minimum Gasteiger partial charge on any atom is -0.444 e. The van der Waals surface area contributed by atoms with Gasteiger partial charge in [0.25, 0.3) is 5.79 Å². The third-order valence-electron chi connectivity index (χ3n) is 2.78. The Labute approximate surface area is 118 Å². The van der Waals surface area contributed by atoms with Gasteiger partial charge in [0.2, 0.25) is 0 Å². The van der Waals surface area contributed by atoms with Gasteiger partial charge in [0.1, 0.15) is 5.15 Å². The molecule has 1 aliphatic heterocycles. The van der Waals surface area contributed by atoms with Crippen molar-refractivity contribution in [3.8, 4) is 11.5 Å². The maximum atomic E-state index is 5.90. The van der Waals surface area contributed by atoms with Crippen molar-refractivity contribution in [1.82, 2.24) is 4.98 Å². The minimum atomic E-state index is -0.871.